The molecule has 5 nitrogen and oxygen atoms in total. The second-order valence-electron chi connectivity index (χ2n) is 3.24. The minimum absolute atomic E-state index is 0.283. The summed E-state index contributed by atoms with van der Waals surface area (Å²) in [5.41, 5.74) is 5.89. The van der Waals surface area contributed by atoms with Crippen LogP contribution in [0, 0.1) is 0 Å². The van der Waals surface area contributed by atoms with E-state index < -0.39 is 5.91 Å². The van der Waals surface area contributed by atoms with E-state index in [-0.39, 0.29) is 11.5 Å². The Hall–Kier alpha value is -2.21. The number of anilines is 1. The highest BCUT2D eigenvalue weighted by Gasteiger charge is 2.12. The van der Waals surface area contributed by atoms with Crippen LogP contribution < -0.4 is 11.1 Å². The fourth-order valence-corrected chi connectivity index (χ4v) is 1.81. The summed E-state index contributed by atoms with van der Waals surface area (Å²) in [6, 6.07) is 8.19. The van der Waals surface area contributed by atoms with E-state index in [1.54, 1.807) is 36.5 Å². The maximum atomic E-state index is 11.8. The van der Waals surface area contributed by atoms with E-state index in [0.29, 0.717) is 10.6 Å². The van der Waals surface area contributed by atoms with Gasteiger partial charge in [-0.25, -0.2) is 4.37 Å². The number of nitrogens with zero attached hydrogens (tertiary/aromatic N) is 1. The van der Waals surface area contributed by atoms with Crippen LogP contribution in [0.5, 0.6) is 0 Å². The first-order chi connectivity index (χ1) is 8.18. The molecular formula is C11H9N3O2S. The van der Waals surface area contributed by atoms with Crippen molar-refractivity contribution >= 4 is 29.0 Å². The highest BCUT2D eigenvalue weighted by Crippen LogP contribution is 2.16. The first-order valence-electron chi connectivity index (χ1n) is 4.79. The molecule has 0 atom stereocenters. The van der Waals surface area contributed by atoms with Crippen LogP contribution in [0.1, 0.15) is 20.0 Å². The number of aromatic nitrogens is 1. The Morgan fingerprint density at radius 2 is 2.00 bits per heavy atom. The zero-order valence-electron chi connectivity index (χ0n) is 8.71. The van der Waals surface area contributed by atoms with E-state index in [4.69, 9.17) is 5.73 Å². The highest BCUT2D eigenvalue weighted by atomic mass is 32.1. The number of rotatable bonds is 3. The van der Waals surface area contributed by atoms with Crippen molar-refractivity contribution in [3.63, 3.8) is 0 Å². The SMILES string of the molecule is NC(=O)c1ccccc1NC(=O)c1ccns1. The van der Waals surface area contributed by atoms with E-state index in [0.717, 1.165) is 11.5 Å². The maximum Gasteiger partial charge on any atom is 0.267 e. The molecule has 1 aromatic carbocycles. The van der Waals surface area contributed by atoms with E-state index in [1.807, 2.05) is 0 Å². The van der Waals surface area contributed by atoms with E-state index in [1.165, 1.54) is 0 Å². The van der Waals surface area contributed by atoms with Crippen molar-refractivity contribution < 1.29 is 9.59 Å². The Balaban J connectivity index is 2.25. The van der Waals surface area contributed by atoms with Gasteiger partial charge in [-0.05, 0) is 29.7 Å². The van der Waals surface area contributed by atoms with Crippen LogP contribution in [0.25, 0.3) is 0 Å². The summed E-state index contributed by atoms with van der Waals surface area (Å²) in [5.74, 6) is -0.883. The number of primary amides is 1. The molecular weight excluding hydrogens is 238 g/mol. The summed E-state index contributed by atoms with van der Waals surface area (Å²) in [7, 11) is 0. The molecule has 1 heterocycles. The minimum atomic E-state index is -0.579. The first kappa shape index (κ1) is 11.3. The van der Waals surface area contributed by atoms with Gasteiger partial charge in [-0.3, -0.25) is 9.59 Å². The van der Waals surface area contributed by atoms with Crippen molar-refractivity contribution in [2.75, 3.05) is 5.32 Å². The van der Waals surface area contributed by atoms with Gasteiger partial charge in [0.05, 0.1) is 11.3 Å². The molecule has 0 bridgehead atoms. The number of hydrogen-bond donors (Lipinski definition) is 2. The van der Waals surface area contributed by atoms with Crippen LogP contribution in [-0.2, 0) is 0 Å². The molecule has 0 saturated heterocycles. The fourth-order valence-electron chi connectivity index (χ4n) is 1.32. The van der Waals surface area contributed by atoms with Gasteiger partial charge in [0, 0.05) is 6.20 Å². The van der Waals surface area contributed by atoms with Gasteiger partial charge in [-0.2, -0.15) is 0 Å². The molecule has 0 unspecified atom stereocenters. The predicted octanol–water partition coefficient (Wildman–Crippen LogP) is 1.49. The van der Waals surface area contributed by atoms with Crippen LogP contribution in [0.3, 0.4) is 0 Å². The summed E-state index contributed by atoms with van der Waals surface area (Å²) < 4.78 is 3.83. The standard InChI is InChI=1S/C11H9N3O2S/c12-10(15)7-3-1-2-4-8(7)14-11(16)9-5-6-13-17-9/h1-6H,(H2,12,15)(H,14,16). The number of carbonyl (C=O) groups excluding carboxylic acids is 2. The lowest BCUT2D eigenvalue weighted by atomic mass is 10.1. The Kier molecular flexibility index (Phi) is 3.15. The molecule has 0 aliphatic heterocycles. The molecule has 0 aliphatic carbocycles. The number of para-hydroxylation sites is 1. The molecule has 0 radical (unpaired) electrons. The van der Waals surface area contributed by atoms with Gasteiger partial charge < -0.3 is 11.1 Å². The van der Waals surface area contributed by atoms with E-state index in [2.05, 4.69) is 9.69 Å². The summed E-state index contributed by atoms with van der Waals surface area (Å²) in [5, 5.41) is 2.62. The average Bonchev–Trinajstić information content (AvgIpc) is 2.83. The average molecular weight is 247 g/mol. The predicted molar refractivity (Wildman–Crippen MR) is 65.0 cm³/mol. The number of nitrogens with two attached hydrogens (primary N) is 1. The maximum absolute atomic E-state index is 11.8. The zero-order chi connectivity index (χ0) is 12.3. The number of carbonyl (C=O) groups is 2. The third kappa shape index (κ3) is 2.48. The fraction of sp³-hybridized carbons (Fsp3) is 0. The largest absolute Gasteiger partial charge is 0.366 e. The van der Waals surface area contributed by atoms with Crippen LogP contribution in [-0.4, -0.2) is 16.2 Å². The molecule has 2 amide bonds. The topological polar surface area (TPSA) is 85.1 Å². The van der Waals surface area contributed by atoms with Crippen molar-refractivity contribution in [3.05, 3.63) is 47.0 Å². The molecule has 0 spiro atoms. The molecule has 0 aliphatic rings. The van der Waals surface area contributed by atoms with Gasteiger partial charge in [0.15, 0.2) is 0 Å². The second kappa shape index (κ2) is 4.75. The van der Waals surface area contributed by atoms with Crippen molar-refractivity contribution in [2.24, 2.45) is 5.73 Å². The molecule has 6 heteroatoms. The Bertz CT molecular complexity index is 552. The molecule has 0 saturated carbocycles. The molecule has 2 rings (SSSR count). The van der Waals surface area contributed by atoms with Gasteiger partial charge in [0.1, 0.15) is 4.88 Å². The summed E-state index contributed by atoms with van der Waals surface area (Å²) in [6.45, 7) is 0. The lowest BCUT2D eigenvalue weighted by Gasteiger charge is -2.07. The van der Waals surface area contributed by atoms with E-state index in [9.17, 15) is 9.59 Å². The monoisotopic (exact) mass is 247 g/mol. The third-order valence-corrected chi connectivity index (χ3v) is 2.85. The zero-order valence-corrected chi connectivity index (χ0v) is 9.53. The van der Waals surface area contributed by atoms with Gasteiger partial charge in [-0.1, -0.05) is 12.1 Å². The first-order valence-corrected chi connectivity index (χ1v) is 5.56. The van der Waals surface area contributed by atoms with Crippen LogP contribution in [0.2, 0.25) is 0 Å². The molecule has 0 fully saturated rings. The van der Waals surface area contributed by atoms with Gasteiger partial charge in [0.2, 0.25) is 0 Å². The molecule has 86 valence electrons. The smallest absolute Gasteiger partial charge is 0.267 e. The van der Waals surface area contributed by atoms with Crippen molar-refractivity contribution in [1.29, 1.82) is 0 Å². The third-order valence-electron chi connectivity index (χ3n) is 2.10. The van der Waals surface area contributed by atoms with Gasteiger partial charge in [-0.15, -0.1) is 0 Å². The molecule has 2 aromatic rings. The number of hydrogen-bond acceptors (Lipinski definition) is 4. The molecule has 17 heavy (non-hydrogen) atoms. The second-order valence-corrected chi connectivity index (χ2v) is 4.07. The lowest BCUT2D eigenvalue weighted by Crippen LogP contribution is -2.17. The van der Waals surface area contributed by atoms with Crippen molar-refractivity contribution in [1.82, 2.24) is 4.37 Å². The quantitative estimate of drug-likeness (QED) is 0.861. The van der Waals surface area contributed by atoms with Crippen molar-refractivity contribution in [3.8, 4) is 0 Å². The Morgan fingerprint density at radius 1 is 1.24 bits per heavy atom. The van der Waals surface area contributed by atoms with Crippen molar-refractivity contribution in [2.45, 2.75) is 0 Å². The van der Waals surface area contributed by atoms with Gasteiger partial charge >= 0.3 is 0 Å². The van der Waals surface area contributed by atoms with Crippen LogP contribution in [0.15, 0.2) is 36.5 Å². The number of amides is 2. The Labute approximate surface area is 101 Å². The number of nitrogens with one attached hydrogen (secondary N) is 1. The van der Waals surface area contributed by atoms with Gasteiger partial charge in [0.25, 0.3) is 11.8 Å². The van der Waals surface area contributed by atoms with E-state index >= 15 is 0 Å². The number of benzene rings is 1. The Morgan fingerprint density at radius 3 is 2.65 bits per heavy atom. The summed E-state index contributed by atoms with van der Waals surface area (Å²) in [4.78, 5) is 23.4. The highest BCUT2D eigenvalue weighted by molar-refractivity contribution is 7.08. The lowest BCUT2D eigenvalue weighted by molar-refractivity contribution is 0.100. The minimum Gasteiger partial charge on any atom is -0.366 e. The summed E-state index contributed by atoms with van der Waals surface area (Å²) in [6.07, 6.45) is 1.54. The summed E-state index contributed by atoms with van der Waals surface area (Å²) >= 11 is 1.09. The van der Waals surface area contributed by atoms with Crippen LogP contribution in [0.4, 0.5) is 5.69 Å². The molecule has 3 N–H and O–H groups in total. The normalized spacial score (nSPS) is 9.88. The van der Waals surface area contributed by atoms with Crippen LogP contribution >= 0.6 is 11.5 Å². The molecule has 1 aromatic heterocycles.